The largest absolute Gasteiger partial charge is 0.346 e. The van der Waals surface area contributed by atoms with Crippen LogP contribution in [0, 0.1) is 5.41 Å². The number of amides is 2. The van der Waals surface area contributed by atoms with Crippen LogP contribution in [-0.4, -0.2) is 38.6 Å². The molecular weight excluding hydrogens is 390 g/mol. The normalized spacial score (nSPS) is 15.3. The number of rotatable bonds is 4. The molecule has 0 unspecified atom stereocenters. The van der Waals surface area contributed by atoms with Crippen LogP contribution in [0.15, 0.2) is 59.8 Å². The summed E-state index contributed by atoms with van der Waals surface area (Å²) in [6, 6.07) is 15.1. The van der Waals surface area contributed by atoms with E-state index in [9.17, 15) is 9.59 Å². The van der Waals surface area contributed by atoms with Crippen molar-refractivity contribution in [1.82, 2.24) is 19.9 Å². The highest BCUT2D eigenvalue weighted by molar-refractivity contribution is 6.03. The van der Waals surface area contributed by atoms with Gasteiger partial charge in [0.25, 0.3) is 5.91 Å². The first-order chi connectivity index (χ1) is 14.7. The summed E-state index contributed by atoms with van der Waals surface area (Å²) in [5, 5.41) is 9.85. The van der Waals surface area contributed by atoms with Gasteiger partial charge in [-0.1, -0.05) is 45.0 Å². The highest BCUT2D eigenvalue weighted by atomic mass is 16.2. The predicted molar refractivity (Wildman–Crippen MR) is 121 cm³/mol. The van der Waals surface area contributed by atoms with Gasteiger partial charge >= 0.3 is 0 Å². The van der Waals surface area contributed by atoms with Crippen LogP contribution >= 0.6 is 0 Å². The zero-order chi connectivity index (χ0) is 22.2. The second-order valence-electron chi connectivity index (χ2n) is 8.88. The van der Waals surface area contributed by atoms with E-state index in [0.717, 1.165) is 22.3 Å². The van der Waals surface area contributed by atoms with Gasteiger partial charge in [0.2, 0.25) is 5.91 Å². The number of pyridine rings is 1. The third-order valence-electron chi connectivity index (χ3n) is 5.48. The van der Waals surface area contributed by atoms with Crippen molar-refractivity contribution in [3.8, 4) is 0 Å². The van der Waals surface area contributed by atoms with Crippen LogP contribution in [0.2, 0.25) is 0 Å². The van der Waals surface area contributed by atoms with Crippen molar-refractivity contribution in [3.63, 3.8) is 0 Å². The summed E-state index contributed by atoms with van der Waals surface area (Å²) in [6.07, 6.45) is 1.69. The molecular formula is C24H27N5O2. The number of para-hydroxylation sites is 1. The smallest absolute Gasteiger partial charge is 0.291 e. The van der Waals surface area contributed by atoms with Crippen molar-refractivity contribution in [2.24, 2.45) is 10.5 Å². The maximum Gasteiger partial charge on any atom is 0.291 e. The number of nitrogens with zero attached hydrogens (tertiary/aromatic N) is 4. The molecule has 0 radical (unpaired) electrons. The van der Waals surface area contributed by atoms with Crippen molar-refractivity contribution in [2.45, 2.75) is 40.3 Å². The van der Waals surface area contributed by atoms with Gasteiger partial charge < -0.3 is 9.88 Å². The van der Waals surface area contributed by atoms with Crippen LogP contribution in [0.4, 0.5) is 0 Å². The lowest BCUT2D eigenvalue weighted by molar-refractivity contribution is -0.122. The number of nitrogens with one attached hydrogen (secondary N) is 1. The first-order valence-electron chi connectivity index (χ1n) is 10.4. The Kier molecular flexibility index (Phi) is 5.35. The Balaban J connectivity index is 1.64. The van der Waals surface area contributed by atoms with Gasteiger partial charge in [-0.3, -0.25) is 14.6 Å². The molecule has 0 bridgehead atoms. The highest BCUT2D eigenvalue weighted by Crippen LogP contribution is 2.27. The average Bonchev–Trinajstić information content (AvgIpc) is 3.04. The summed E-state index contributed by atoms with van der Waals surface area (Å²) in [7, 11) is 0. The molecule has 0 saturated carbocycles. The third-order valence-corrected chi connectivity index (χ3v) is 5.48. The van der Waals surface area contributed by atoms with E-state index in [4.69, 9.17) is 0 Å². The number of carbonyl (C=O) groups excluding carboxylic acids is 2. The van der Waals surface area contributed by atoms with E-state index in [1.54, 1.807) is 6.20 Å². The summed E-state index contributed by atoms with van der Waals surface area (Å²) >= 11 is 0. The molecule has 3 aromatic rings. The van der Waals surface area contributed by atoms with Crippen molar-refractivity contribution < 1.29 is 9.59 Å². The lowest BCUT2D eigenvalue weighted by Crippen LogP contribution is -2.39. The van der Waals surface area contributed by atoms with Gasteiger partial charge in [-0.2, -0.15) is 5.10 Å². The van der Waals surface area contributed by atoms with Gasteiger partial charge in [-0.25, -0.2) is 5.01 Å². The number of hydrogen-bond acceptors (Lipinski definition) is 4. The zero-order valence-corrected chi connectivity index (χ0v) is 18.3. The molecule has 7 nitrogen and oxygen atoms in total. The van der Waals surface area contributed by atoms with Crippen LogP contribution in [0.3, 0.4) is 0 Å². The lowest BCUT2D eigenvalue weighted by Gasteiger charge is -2.23. The average molecular weight is 418 g/mol. The molecule has 1 aliphatic heterocycles. The number of hydrazone groups is 1. The molecule has 2 aromatic heterocycles. The fourth-order valence-corrected chi connectivity index (χ4v) is 3.69. The zero-order valence-electron chi connectivity index (χ0n) is 18.3. The first kappa shape index (κ1) is 20.8. The van der Waals surface area contributed by atoms with E-state index in [-0.39, 0.29) is 29.8 Å². The molecule has 1 aliphatic rings. The Hall–Kier alpha value is -3.48. The number of hydrogen-bond donors (Lipinski definition) is 1. The number of fused-ring (bicyclic) bond motifs is 3. The minimum Gasteiger partial charge on any atom is -0.346 e. The summed E-state index contributed by atoms with van der Waals surface area (Å²) in [4.78, 5) is 30.4. The standard InChI is InChI=1S/C24H27N5O2/c1-16(18-10-7-8-12-25-18)26-22(30)15-29-23(31)20-13-17-9-5-6-11-19(17)28(20)14-21(27-29)24(2,3)4/h5-13,16H,14-15H2,1-4H3,(H,26,30)/t16-/m0/s1. The first-order valence-corrected chi connectivity index (χ1v) is 10.4. The monoisotopic (exact) mass is 417 g/mol. The molecule has 2 amide bonds. The van der Waals surface area contributed by atoms with Crippen molar-refractivity contribution >= 4 is 28.4 Å². The third kappa shape index (κ3) is 4.21. The topological polar surface area (TPSA) is 79.6 Å². The molecule has 0 spiro atoms. The highest BCUT2D eigenvalue weighted by Gasteiger charge is 2.31. The van der Waals surface area contributed by atoms with Crippen molar-refractivity contribution in [1.29, 1.82) is 0 Å². The molecule has 7 heteroatoms. The molecule has 1 atom stereocenters. The Labute approximate surface area is 181 Å². The molecule has 0 aliphatic carbocycles. The van der Waals surface area contributed by atoms with Crippen LogP contribution in [-0.2, 0) is 11.3 Å². The molecule has 0 fully saturated rings. The molecule has 3 heterocycles. The Morgan fingerprint density at radius 3 is 2.61 bits per heavy atom. The number of benzene rings is 1. The van der Waals surface area contributed by atoms with E-state index < -0.39 is 0 Å². The van der Waals surface area contributed by atoms with E-state index in [1.807, 2.05) is 60.0 Å². The van der Waals surface area contributed by atoms with Crippen LogP contribution < -0.4 is 5.32 Å². The summed E-state index contributed by atoms with van der Waals surface area (Å²) in [5.41, 5.74) is 2.86. The quantitative estimate of drug-likeness (QED) is 0.702. The second-order valence-corrected chi connectivity index (χ2v) is 8.88. The molecule has 1 aromatic carbocycles. The van der Waals surface area contributed by atoms with Crippen LogP contribution in [0.5, 0.6) is 0 Å². The van der Waals surface area contributed by atoms with E-state index in [1.165, 1.54) is 5.01 Å². The molecule has 31 heavy (non-hydrogen) atoms. The number of aromatic nitrogens is 2. The van der Waals surface area contributed by atoms with E-state index in [0.29, 0.717) is 12.2 Å². The van der Waals surface area contributed by atoms with E-state index >= 15 is 0 Å². The van der Waals surface area contributed by atoms with Gasteiger partial charge in [0, 0.05) is 22.5 Å². The van der Waals surface area contributed by atoms with E-state index in [2.05, 4.69) is 36.2 Å². The fourth-order valence-electron chi connectivity index (χ4n) is 3.69. The Bertz CT molecular complexity index is 1160. The summed E-state index contributed by atoms with van der Waals surface area (Å²) in [5.74, 6) is -0.566. The SMILES string of the molecule is C[C@H](NC(=O)CN1N=C(C(C)(C)C)Cn2c(cc3ccccc32)C1=O)c1ccccn1. The maximum absolute atomic E-state index is 13.4. The maximum atomic E-state index is 13.4. The molecule has 160 valence electrons. The van der Waals surface area contributed by atoms with Crippen molar-refractivity contribution in [2.75, 3.05) is 6.54 Å². The van der Waals surface area contributed by atoms with Gasteiger partial charge in [0.15, 0.2) is 0 Å². The summed E-state index contributed by atoms with van der Waals surface area (Å²) < 4.78 is 2.00. The van der Waals surface area contributed by atoms with Gasteiger partial charge in [-0.15, -0.1) is 0 Å². The van der Waals surface area contributed by atoms with Gasteiger partial charge in [0.1, 0.15) is 12.2 Å². The number of carbonyl (C=O) groups is 2. The van der Waals surface area contributed by atoms with Crippen LogP contribution in [0.25, 0.3) is 10.9 Å². The Morgan fingerprint density at radius 1 is 1.16 bits per heavy atom. The molecule has 1 N–H and O–H groups in total. The predicted octanol–water partition coefficient (Wildman–Crippen LogP) is 3.77. The van der Waals surface area contributed by atoms with Crippen molar-refractivity contribution in [3.05, 3.63) is 66.1 Å². The fraction of sp³-hybridized carbons (Fsp3) is 0.333. The van der Waals surface area contributed by atoms with Gasteiger partial charge in [0.05, 0.1) is 24.0 Å². The van der Waals surface area contributed by atoms with Gasteiger partial charge in [-0.05, 0) is 31.2 Å². The molecule has 4 rings (SSSR count). The van der Waals surface area contributed by atoms with Crippen LogP contribution in [0.1, 0.15) is 49.9 Å². The minimum absolute atomic E-state index is 0.156. The minimum atomic E-state index is -0.284. The molecule has 0 saturated heterocycles. The Morgan fingerprint density at radius 2 is 1.90 bits per heavy atom. The second kappa shape index (κ2) is 7.98. The summed E-state index contributed by atoms with van der Waals surface area (Å²) in [6.45, 7) is 8.40. The lowest BCUT2D eigenvalue weighted by atomic mass is 9.90.